The van der Waals surface area contributed by atoms with Gasteiger partial charge in [-0.15, -0.1) is 0 Å². The van der Waals surface area contributed by atoms with Crippen LogP contribution in [0.3, 0.4) is 0 Å². The molecule has 70 valence electrons. The van der Waals surface area contributed by atoms with E-state index < -0.39 is 28.2 Å². The summed E-state index contributed by atoms with van der Waals surface area (Å²) in [5.41, 5.74) is -1.43. The summed E-state index contributed by atoms with van der Waals surface area (Å²) < 4.78 is 20.7. The van der Waals surface area contributed by atoms with Crippen molar-refractivity contribution in [3.63, 3.8) is 0 Å². The van der Waals surface area contributed by atoms with Crippen LogP contribution in [0.2, 0.25) is 0 Å². The summed E-state index contributed by atoms with van der Waals surface area (Å²) in [7, 11) is 0. The van der Waals surface area contributed by atoms with Gasteiger partial charge in [-0.2, -0.15) is 0 Å². The molecule has 0 fully saturated rings. The van der Waals surface area contributed by atoms with Gasteiger partial charge in [0.25, 0.3) is 5.56 Å². The number of nitrogens with one attached hydrogen (secondary N) is 1. The highest BCUT2D eigenvalue weighted by Crippen LogP contribution is 2.02. The van der Waals surface area contributed by atoms with Crippen LogP contribution in [0, 0.1) is 0 Å². The summed E-state index contributed by atoms with van der Waals surface area (Å²) in [6, 6.07) is 0.796. The molecule has 0 aliphatic rings. The van der Waals surface area contributed by atoms with Crippen LogP contribution in [-0.4, -0.2) is 24.8 Å². The van der Waals surface area contributed by atoms with E-state index in [-0.39, 0.29) is 4.90 Å². The van der Waals surface area contributed by atoms with E-state index >= 15 is 0 Å². The molecule has 7 heteroatoms. The third-order valence-electron chi connectivity index (χ3n) is 1.30. The molecule has 0 aliphatic heterocycles. The molecule has 1 aromatic heterocycles. The second-order valence-electron chi connectivity index (χ2n) is 2.12. The van der Waals surface area contributed by atoms with Crippen molar-refractivity contribution >= 4 is 17.0 Å². The molecule has 0 saturated carbocycles. The van der Waals surface area contributed by atoms with Crippen LogP contribution in [0.25, 0.3) is 0 Å². The standard InChI is InChI=1S/C6H5NO5S/c8-5-4(6(9)10)1-3(2-7-5)13(11)12/h1-2H,(H,7,8)(H,9,10)(H,11,12)/p-1. The van der Waals surface area contributed by atoms with Crippen LogP contribution in [0.1, 0.15) is 10.4 Å². The average molecular weight is 202 g/mol. The quantitative estimate of drug-likeness (QED) is 0.617. The van der Waals surface area contributed by atoms with E-state index in [1.807, 2.05) is 4.98 Å². The summed E-state index contributed by atoms with van der Waals surface area (Å²) in [6.45, 7) is 0. The largest absolute Gasteiger partial charge is 0.768 e. The topological polar surface area (TPSA) is 110 Å². The highest BCUT2D eigenvalue weighted by Gasteiger charge is 2.08. The van der Waals surface area contributed by atoms with Gasteiger partial charge >= 0.3 is 5.97 Å². The number of hydrogen-bond acceptors (Lipinski definition) is 4. The van der Waals surface area contributed by atoms with Gasteiger partial charge in [0.05, 0.1) is 0 Å². The number of aromatic amines is 1. The summed E-state index contributed by atoms with van der Waals surface area (Å²) in [6.07, 6.45) is 0.928. The Bertz CT molecular complexity index is 423. The maximum absolute atomic E-state index is 10.8. The monoisotopic (exact) mass is 202 g/mol. The Labute approximate surface area is 74.5 Å². The highest BCUT2D eigenvalue weighted by atomic mass is 32.2. The molecular weight excluding hydrogens is 198 g/mol. The number of hydrogen-bond donors (Lipinski definition) is 2. The van der Waals surface area contributed by atoms with Crippen LogP contribution >= 0.6 is 0 Å². The first-order valence-corrected chi connectivity index (χ1v) is 4.15. The molecule has 0 radical (unpaired) electrons. The molecule has 0 bridgehead atoms. The van der Waals surface area contributed by atoms with Crippen molar-refractivity contribution in [3.8, 4) is 0 Å². The van der Waals surface area contributed by atoms with Crippen molar-refractivity contribution in [2.24, 2.45) is 0 Å². The Morgan fingerprint density at radius 1 is 1.62 bits per heavy atom. The number of carboxylic acids is 1. The molecule has 0 spiro atoms. The Morgan fingerprint density at radius 3 is 2.69 bits per heavy atom. The highest BCUT2D eigenvalue weighted by molar-refractivity contribution is 7.79. The average Bonchev–Trinajstić information content (AvgIpc) is 2.04. The van der Waals surface area contributed by atoms with Crippen molar-refractivity contribution in [1.82, 2.24) is 4.98 Å². The summed E-state index contributed by atoms with van der Waals surface area (Å²) in [5.74, 6) is -1.46. The lowest BCUT2D eigenvalue weighted by Gasteiger charge is -2.04. The molecule has 1 heterocycles. The second-order valence-corrected chi connectivity index (χ2v) is 3.06. The number of pyridine rings is 1. The van der Waals surface area contributed by atoms with E-state index in [0.29, 0.717) is 0 Å². The molecule has 13 heavy (non-hydrogen) atoms. The molecule has 0 amide bonds. The first kappa shape index (κ1) is 9.62. The Hall–Kier alpha value is -1.47. The molecule has 0 saturated heterocycles. The lowest BCUT2D eigenvalue weighted by Crippen LogP contribution is -2.17. The van der Waals surface area contributed by atoms with Gasteiger partial charge in [-0.1, -0.05) is 0 Å². The minimum Gasteiger partial charge on any atom is -0.768 e. The molecule has 1 aromatic rings. The molecule has 0 aliphatic carbocycles. The van der Waals surface area contributed by atoms with Gasteiger partial charge in [0.2, 0.25) is 0 Å². The van der Waals surface area contributed by atoms with Gasteiger partial charge < -0.3 is 14.6 Å². The number of aromatic nitrogens is 1. The van der Waals surface area contributed by atoms with E-state index in [1.54, 1.807) is 0 Å². The van der Waals surface area contributed by atoms with Crippen molar-refractivity contribution in [2.75, 3.05) is 0 Å². The molecule has 1 unspecified atom stereocenters. The van der Waals surface area contributed by atoms with Crippen LogP contribution in [0.4, 0.5) is 0 Å². The van der Waals surface area contributed by atoms with E-state index in [9.17, 15) is 18.4 Å². The van der Waals surface area contributed by atoms with Gasteiger partial charge in [-0.05, 0) is 17.1 Å². The van der Waals surface area contributed by atoms with Crippen molar-refractivity contribution in [1.29, 1.82) is 0 Å². The van der Waals surface area contributed by atoms with Crippen LogP contribution in [0.15, 0.2) is 22.0 Å². The zero-order valence-electron chi connectivity index (χ0n) is 6.14. The van der Waals surface area contributed by atoms with Crippen LogP contribution in [0.5, 0.6) is 0 Å². The zero-order chi connectivity index (χ0) is 10.0. The number of H-pyrrole nitrogens is 1. The minimum atomic E-state index is -2.55. The number of rotatable bonds is 2. The molecule has 2 N–H and O–H groups in total. The molecule has 1 rings (SSSR count). The van der Waals surface area contributed by atoms with Crippen molar-refractivity contribution < 1.29 is 18.7 Å². The Balaban J connectivity index is 3.35. The maximum Gasteiger partial charge on any atom is 0.341 e. The fourth-order valence-electron chi connectivity index (χ4n) is 0.719. The van der Waals surface area contributed by atoms with Gasteiger partial charge in [0, 0.05) is 11.1 Å². The molecule has 6 nitrogen and oxygen atoms in total. The van der Waals surface area contributed by atoms with Crippen LogP contribution < -0.4 is 5.56 Å². The number of carboxylic acid groups (broad SMARTS) is 1. The maximum atomic E-state index is 10.8. The van der Waals surface area contributed by atoms with Gasteiger partial charge in [-0.3, -0.25) is 9.00 Å². The first-order valence-electron chi connectivity index (χ1n) is 3.07. The minimum absolute atomic E-state index is 0.267. The van der Waals surface area contributed by atoms with E-state index in [4.69, 9.17) is 5.11 Å². The normalized spacial score (nSPS) is 12.4. The lowest BCUT2D eigenvalue weighted by molar-refractivity contribution is 0.0694. The van der Waals surface area contributed by atoms with Gasteiger partial charge in [-0.25, -0.2) is 4.79 Å². The molecule has 0 aromatic carbocycles. The number of aromatic carboxylic acids is 1. The first-order chi connectivity index (χ1) is 6.02. The molecule has 1 atom stereocenters. The smallest absolute Gasteiger partial charge is 0.341 e. The van der Waals surface area contributed by atoms with E-state index in [2.05, 4.69) is 0 Å². The summed E-state index contributed by atoms with van der Waals surface area (Å²) in [5, 5.41) is 8.45. The zero-order valence-corrected chi connectivity index (χ0v) is 6.96. The fraction of sp³-hybridized carbons (Fsp3) is 0. The third kappa shape index (κ3) is 2.01. The predicted molar refractivity (Wildman–Crippen MR) is 41.2 cm³/mol. The van der Waals surface area contributed by atoms with Gasteiger partial charge in [0.15, 0.2) is 0 Å². The third-order valence-corrected chi connectivity index (χ3v) is 1.92. The summed E-state index contributed by atoms with van der Waals surface area (Å²) >= 11 is -2.55. The number of carbonyl (C=O) groups is 1. The Kier molecular flexibility index (Phi) is 2.59. The van der Waals surface area contributed by atoms with Crippen molar-refractivity contribution in [2.45, 2.75) is 4.90 Å². The predicted octanol–water partition coefficient (Wildman–Crippen LogP) is -0.689. The van der Waals surface area contributed by atoms with E-state index in [0.717, 1.165) is 12.3 Å². The molecular formula is C6H4NO5S-. The fourth-order valence-corrected chi connectivity index (χ4v) is 1.09. The van der Waals surface area contributed by atoms with Crippen molar-refractivity contribution in [3.05, 3.63) is 28.2 Å². The lowest BCUT2D eigenvalue weighted by atomic mass is 10.3. The van der Waals surface area contributed by atoms with E-state index in [1.165, 1.54) is 0 Å². The second kappa shape index (κ2) is 3.50. The summed E-state index contributed by atoms with van der Waals surface area (Å²) in [4.78, 5) is 22.9. The SMILES string of the molecule is O=C(O)c1cc(S(=O)[O-])c[nH]c1=O. The van der Waals surface area contributed by atoms with Crippen LogP contribution in [-0.2, 0) is 11.1 Å². The Morgan fingerprint density at radius 2 is 2.23 bits per heavy atom. The van der Waals surface area contributed by atoms with Gasteiger partial charge in [0.1, 0.15) is 5.56 Å².